The summed E-state index contributed by atoms with van der Waals surface area (Å²) in [6.07, 6.45) is 2.02. The minimum Gasteiger partial charge on any atom is -0.870 e. The SMILES string of the molecule is C[n+]1ccsc1.[OH-]. The highest BCUT2D eigenvalue weighted by atomic mass is 32.1. The summed E-state index contributed by atoms with van der Waals surface area (Å²) in [6, 6.07) is 0. The molecule has 0 fully saturated rings. The molecule has 0 spiro atoms. The molecule has 0 aliphatic carbocycles. The van der Waals surface area contributed by atoms with Crippen molar-refractivity contribution in [3.63, 3.8) is 0 Å². The van der Waals surface area contributed by atoms with Crippen LogP contribution < -0.4 is 4.57 Å². The third-order valence-corrected chi connectivity index (χ3v) is 1.33. The largest absolute Gasteiger partial charge is 0.870 e. The van der Waals surface area contributed by atoms with Gasteiger partial charge in [-0.25, -0.2) is 0 Å². The van der Waals surface area contributed by atoms with Gasteiger partial charge in [0.15, 0.2) is 6.20 Å². The molecule has 0 saturated carbocycles. The molecule has 1 heterocycles. The zero-order chi connectivity index (χ0) is 4.41. The summed E-state index contributed by atoms with van der Waals surface area (Å²) in [5, 5.41) is 2.04. The first-order valence-electron chi connectivity index (χ1n) is 1.77. The minimum absolute atomic E-state index is 0. The van der Waals surface area contributed by atoms with Crippen molar-refractivity contribution >= 4 is 11.3 Å². The Kier molecular flexibility index (Phi) is 2.55. The lowest BCUT2D eigenvalue weighted by Crippen LogP contribution is -2.21. The van der Waals surface area contributed by atoms with E-state index in [1.807, 2.05) is 28.7 Å². The van der Waals surface area contributed by atoms with Crippen LogP contribution in [0.25, 0.3) is 0 Å². The van der Waals surface area contributed by atoms with Crippen molar-refractivity contribution in [2.24, 2.45) is 7.05 Å². The summed E-state index contributed by atoms with van der Waals surface area (Å²) >= 11 is 1.70. The van der Waals surface area contributed by atoms with Crippen LogP contribution in [0, 0.1) is 0 Å². The first-order valence-corrected chi connectivity index (χ1v) is 2.71. The summed E-state index contributed by atoms with van der Waals surface area (Å²) < 4.78 is 2.02. The van der Waals surface area contributed by atoms with Gasteiger partial charge >= 0.3 is 0 Å². The highest BCUT2D eigenvalue weighted by Crippen LogP contribution is 1.83. The number of thiazole rings is 1. The standard InChI is InChI=1S/C4H6NS.H2O/c1-5-2-3-6-4-5;/h2-4H,1H3;1H2/q+1;/p-1. The van der Waals surface area contributed by atoms with Crippen LogP contribution in [-0.2, 0) is 7.05 Å². The van der Waals surface area contributed by atoms with Crippen molar-refractivity contribution in [1.82, 2.24) is 0 Å². The van der Waals surface area contributed by atoms with E-state index in [-0.39, 0.29) is 5.48 Å². The summed E-state index contributed by atoms with van der Waals surface area (Å²) in [7, 11) is 2.01. The van der Waals surface area contributed by atoms with Crippen LogP contribution in [-0.4, -0.2) is 5.48 Å². The predicted molar refractivity (Wildman–Crippen MR) is 27.4 cm³/mol. The molecule has 0 saturated heterocycles. The molecule has 0 unspecified atom stereocenters. The zero-order valence-corrected chi connectivity index (χ0v) is 4.85. The van der Waals surface area contributed by atoms with E-state index in [1.54, 1.807) is 11.3 Å². The highest BCUT2D eigenvalue weighted by Gasteiger charge is 1.81. The fourth-order valence-corrected chi connectivity index (χ4v) is 0.892. The van der Waals surface area contributed by atoms with Crippen LogP contribution in [0.15, 0.2) is 17.1 Å². The van der Waals surface area contributed by atoms with E-state index in [1.165, 1.54) is 0 Å². The highest BCUT2D eigenvalue weighted by molar-refractivity contribution is 7.07. The summed E-state index contributed by atoms with van der Waals surface area (Å²) in [5.74, 6) is 0. The van der Waals surface area contributed by atoms with Gasteiger partial charge in [-0.3, -0.25) is 0 Å². The normalized spacial score (nSPS) is 7.57. The van der Waals surface area contributed by atoms with Gasteiger partial charge in [0, 0.05) is 0 Å². The average Bonchev–Trinajstić information content (AvgIpc) is 1.86. The minimum atomic E-state index is 0. The van der Waals surface area contributed by atoms with Gasteiger partial charge in [0.25, 0.3) is 0 Å². The monoisotopic (exact) mass is 117 g/mol. The number of nitrogens with zero attached hydrogens (tertiary/aromatic N) is 1. The maximum absolute atomic E-state index is 2.04. The maximum atomic E-state index is 2.04. The quantitative estimate of drug-likeness (QED) is 0.453. The number of hydrogen-bond acceptors (Lipinski definition) is 2. The smallest absolute Gasteiger partial charge is 0.224 e. The number of rotatable bonds is 0. The van der Waals surface area contributed by atoms with Crippen molar-refractivity contribution in [3.05, 3.63) is 17.1 Å². The van der Waals surface area contributed by atoms with Gasteiger partial charge in [0.05, 0.1) is 5.38 Å². The van der Waals surface area contributed by atoms with Gasteiger partial charge in [-0.15, -0.1) is 0 Å². The molecular weight excluding hydrogens is 110 g/mol. The molecule has 0 aromatic carbocycles. The Morgan fingerprint density at radius 2 is 2.29 bits per heavy atom. The lowest BCUT2D eigenvalue weighted by atomic mass is 10.9. The lowest BCUT2D eigenvalue weighted by Gasteiger charge is -1.62. The molecule has 0 bridgehead atoms. The molecule has 0 aliphatic rings. The molecule has 1 rings (SSSR count). The second-order valence-corrected chi connectivity index (χ2v) is 1.95. The predicted octanol–water partition coefficient (Wildman–Crippen LogP) is 0.396. The number of aryl methyl sites for hydroxylation is 1. The van der Waals surface area contributed by atoms with E-state index in [0.29, 0.717) is 0 Å². The molecule has 1 aromatic rings. The Hall–Kier alpha value is -0.410. The van der Waals surface area contributed by atoms with E-state index in [4.69, 9.17) is 0 Å². The Morgan fingerprint density at radius 1 is 1.57 bits per heavy atom. The maximum Gasteiger partial charge on any atom is 0.224 e. The van der Waals surface area contributed by atoms with Gasteiger partial charge in [0.2, 0.25) is 5.51 Å². The molecule has 1 aromatic heterocycles. The van der Waals surface area contributed by atoms with Crippen LogP contribution >= 0.6 is 11.3 Å². The molecule has 0 amide bonds. The first kappa shape index (κ1) is 6.59. The average molecular weight is 117 g/mol. The Balaban J connectivity index is 0.000000360. The molecule has 3 heteroatoms. The van der Waals surface area contributed by atoms with E-state index in [2.05, 4.69) is 0 Å². The van der Waals surface area contributed by atoms with Crippen LogP contribution in [0.5, 0.6) is 0 Å². The van der Waals surface area contributed by atoms with Crippen molar-refractivity contribution < 1.29 is 10.0 Å². The molecular formula is C4H7NOS. The van der Waals surface area contributed by atoms with Crippen molar-refractivity contribution in [1.29, 1.82) is 0 Å². The number of hydrogen-bond donors (Lipinski definition) is 0. The fourth-order valence-electron chi connectivity index (χ4n) is 0.297. The topological polar surface area (TPSA) is 33.9 Å². The zero-order valence-electron chi connectivity index (χ0n) is 4.03. The van der Waals surface area contributed by atoms with Crippen LogP contribution in [0.1, 0.15) is 0 Å². The summed E-state index contributed by atoms with van der Waals surface area (Å²) in [6.45, 7) is 0. The van der Waals surface area contributed by atoms with E-state index in [0.717, 1.165) is 0 Å². The second kappa shape index (κ2) is 2.71. The van der Waals surface area contributed by atoms with Crippen molar-refractivity contribution in [3.8, 4) is 0 Å². The third-order valence-electron chi connectivity index (χ3n) is 0.602. The third kappa shape index (κ3) is 1.66. The van der Waals surface area contributed by atoms with Crippen molar-refractivity contribution in [2.45, 2.75) is 0 Å². The number of aromatic nitrogens is 1. The molecule has 40 valence electrons. The first-order chi connectivity index (χ1) is 2.89. The Bertz CT molecular complexity index is 115. The van der Waals surface area contributed by atoms with Crippen LogP contribution in [0.4, 0.5) is 0 Å². The van der Waals surface area contributed by atoms with E-state index in [9.17, 15) is 0 Å². The van der Waals surface area contributed by atoms with Crippen LogP contribution in [0.2, 0.25) is 0 Å². The summed E-state index contributed by atoms with van der Waals surface area (Å²) in [4.78, 5) is 0. The van der Waals surface area contributed by atoms with Gasteiger partial charge < -0.3 is 5.48 Å². The summed E-state index contributed by atoms with van der Waals surface area (Å²) in [5.41, 5.74) is 2.04. The molecule has 0 aliphatic heterocycles. The van der Waals surface area contributed by atoms with Gasteiger partial charge in [-0.2, -0.15) is 4.57 Å². The molecule has 0 radical (unpaired) electrons. The Morgan fingerprint density at radius 3 is 2.43 bits per heavy atom. The molecule has 1 N–H and O–H groups in total. The lowest BCUT2D eigenvalue weighted by molar-refractivity contribution is -0.666. The van der Waals surface area contributed by atoms with E-state index < -0.39 is 0 Å². The molecule has 7 heavy (non-hydrogen) atoms. The van der Waals surface area contributed by atoms with Gasteiger partial charge in [-0.1, -0.05) is 11.3 Å². The molecule has 2 nitrogen and oxygen atoms in total. The molecule has 0 atom stereocenters. The van der Waals surface area contributed by atoms with Crippen molar-refractivity contribution in [2.75, 3.05) is 0 Å². The fraction of sp³-hybridized carbons (Fsp3) is 0.250. The van der Waals surface area contributed by atoms with E-state index >= 15 is 0 Å². The second-order valence-electron chi connectivity index (χ2n) is 1.19. The van der Waals surface area contributed by atoms with Gasteiger partial charge in [0.1, 0.15) is 7.05 Å². The Labute approximate surface area is 46.3 Å². The van der Waals surface area contributed by atoms with Gasteiger partial charge in [-0.05, 0) is 0 Å². The van der Waals surface area contributed by atoms with Crippen LogP contribution in [0.3, 0.4) is 0 Å².